The Morgan fingerprint density at radius 2 is 1.90 bits per heavy atom. The standard InChI is InChI=1S/C14H10ClF3O3/c1-2-12(19)20-11-7-10(21-13(11)14(16,17)18)8-3-5-9(15)6-4-8/h3-7H,2H2,1H3. The fourth-order valence-corrected chi connectivity index (χ4v) is 1.72. The van der Waals surface area contributed by atoms with Crippen LogP contribution in [-0.4, -0.2) is 5.97 Å². The van der Waals surface area contributed by atoms with Crippen LogP contribution >= 0.6 is 11.6 Å². The molecule has 0 saturated heterocycles. The molecule has 1 aromatic carbocycles. The molecule has 0 bridgehead atoms. The lowest BCUT2D eigenvalue weighted by molar-refractivity contribution is -0.155. The number of carbonyl (C=O) groups is 1. The first-order chi connectivity index (χ1) is 9.81. The minimum absolute atomic E-state index is 0.0429. The molecule has 0 atom stereocenters. The molecule has 0 aliphatic heterocycles. The highest BCUT2D eigenvalue weighted by atomic mass is 35.5. The average molecular weight is 319 g/mol. The highest BCUT2D eigenvalue weighted by Gasteiger charge is 2.40. The van der Waals surface area contributed by atoms with Crippen molar-refractivity contribution < 1.29 is 27.1 Å². The molecule has 0 N–H and O–H groups in total. The third kappa shape index (κ3) is 3.58. The van der Waals surface area contributed by atoms with E-state index in [1.807, 2.05) is 0 Å². The number of furan rings is 1. The Balaban J connectivity index is 2.45. The van der Waals surface area contributed by atoms with Crippen LogP contribution in [-0.2, 0) is 11.0 Å². The van der Waals surface area contributed by atoms with Crippen molar-refractivity contribution >= 4 is 17.6 Å². The van der Waals surface area contributed by atoms with E-state index in [1.165, 1.54) is 31.2 Å². The predicted molar refractivity (Wildman–Crippen MR) is 70.1 cm³/mol. The van der Waals surface area contributed by atoms with Gasteiger partial charge >= 0.3 is 12.1 Å². The molecule has 0 saturated carbocycles. The van der Waals surface area contributed by atoms with Crippen molar-refractivity contribution in [2.75, 3.05) is 0 Å². The first kappa shape index (κ1) is 15.4. The molecule has 1 aromatic heterocycles. The minimum Gasteiger partial charge on any atom is -0.448 e. The zero-order valence-electron chi connectivity index (χ0n) is 10.8. The van der Waals surface area contributed by atoms with Gasteiger partial charge in [0.05, 0.1) is 0 Å². The summed E-state index contributed by atoms with van der Waals surface area (Å²) in [5, 5.41) is 0.444. The summed E-state index contributed by atoms with van der Waals surface area (Å²) in [4.78, 5) is 11.2. The minimum atomic E-state index is -4.76. The number of alkyl halides is 3. The molecule has 0 fully saturated rings. The van der Waals surface area contributed by atoms with Gasteiger partial charge < -0.3 is 9.15 Å². The summed E-state index contributed by atoms with van der Waals surface area (Å²) in [6.07, 6.45) is -4.80. The highest BCUT2D eigenvalue weighted by molar-refractivity contribution is 6.30. The number of hydrogen-bond donors (Lipinski definition) is 0. The second kappa shape index (κ2) is 5.81. The highest BCUT2D eigenvalue weighted by Crippen LogP contribution is 2.41. The Labute approximate surface area is 123 Å². The first-order valence-corrected chi connectivity index (χ1v) is 6.36. The van der Waals surface area contributed by atoms with E-state index in [9.17, 15) is 18.0 Å². The van der Waals surface area contributed by atoms with Crippen LogP contribution in [0.3, 0.4) is 0 Å². The lowest BCUT2D eigenvalue weighted by Gasteiger charge is -2.05. The van der Waals surface area contributed by atoms with E-state index in [2.05, 4.69) is 4.74 Å². The third-order valence-corrected chi connectivity index (χ3v) is 2.85. The zero-order chi connectivity index (χ0) is 15.6. The second-order valence-corrected chi connectivity index (χ2v) is 4.57. The zero-order valence-corrected chi connectivity index (χ0v) is 11.6. The molecule has 0 spiro atoms. The summed E-state index contributed by atoms with van der Waals surface area (Å²) in [6.45, 7) is 1.48. The maximum Gasteiger partial charge on any atom is 0.453 e. The smallest absolute Gasteiger partial charge is 0.448 e. The van der Waals surface area contributed by atoms with Gasteiger partial charge in [0.25, 0.3) is 5.76 Å². The summed E-state index contributed by atoms with van der Waals surface area (Å²) >= 11 is 5.72. The summed E-state index contributed by atoms with van der Waals surface area (Å²) in [5.41, 5.74) is 0.392. The molecule has 0 aliphatic rings. The van der Waals surface area contributed by atoms with E-state index in [-0.39, 0.29) is 12.2 Å². The quantitative estimate of drug-likeness (QED) is 0.753. The average Bonchev–Trinajstić information content (AvgIpc) is 2.83. The van der Waals surface area contributed by atoms with E-state index >= 15 is 0 Å². The van der Waals surface area contributed by atoms with Crippen LogP contribution in [0.1, 0.15) is 19.1 Å². The fraction of sp³-hybridized carbons (Fsp3) is 0.214. The van der Waals surface area contributed by atoms with Crippen molar-refractivity contribution in [3.8, 4) is 17.1 Å². The molecule has 3 nitrogen and oxygen atoms in total. The monoisotopic (exact) mass is 318 g/mol. The normalized spacial score (nSPS) is 11.5. The Hall–Kier alpha value is -1.95. The summed E-state index contributed by atoms with van der Waals surface area (Å²) in [7, 11) is 0. The number of benzene rings is 1. The first-order valence-electron chi connectivity index (χ1n) is 5.99. The van der Waals surface area contributed by atoms with Gasteiger partial charge in [-0.15, -0.1) is 0 Å². The van der Waals surface area contributed by atoms with Gasteiger partial charge in [-0.3, -0.25) is 4.79 Å². The molecule has 2 aromatic rings. The number of halogens is 4. The predicted octanol–water partition coefficient (Wildman–Crippen LogP) is 4.93. The Morgan fingerprint density at radius 3 is 2.43 bits per heavy atom. The largest absolute Gasteiger partial charge is 0.453 e. The molecule has 1 heterocycles. The van der Waals surface area contributed by atoms with Crippen molar-refractivity contribution in [2.24, 2.45) is 0 Å². The van der Waals surface area contributed by atoms with Crippen LogP contribution in [0.15, 0.2) is 34.7 Å². The van der Waals surface area contributed by atoms with Crippen LogP contribution in [0.25, 0.3) is 11.3 Å². The van der Waals surface area contributed by atoms with E-state index in [1.54, 1.807) is 0 Å². The molecule has 0 radical (unpaired) electrons. The van der Waals surface area contributed by atoms with Crippen LogP contribution in [0.2, 0.25) is 5.02 Å². The Kier molecular flexibility index (Phi) is 4.27. The van der Waals surface area contributed by atoms with E-state index in [0.29, 0.717) is 10.6 Å². The topological polar surface area (TPSA) is 39.4 Å². The number of ether oxygens (including phenoxy) is 1. The van der Waals surface area contributed by atoms with E-state index in [0.717, 1.165) is 6.07 Å². The van der Waals surface area contributed by atoms with Crippen LogP contribution in [0.4, 0.5) is 13.2 Å². The number of carbonyl (C=O) groups excluding carboxylic acids is 1. The maximum absolute atomic E-state index is 12.9. The molecule has 7 heteroatoms. The van der Waals surface area contributed by atoms with Gasteiger partial charge in [0, 0.05) is 23.1 Å². The van der Waals surface area contributed by atoms with Crippen molar-refractivity contribution in [1.29, 1.82) is 0 Å². The number of rotatable bonds is 3. The van der Waals surface area contributed by atoms with Crippen LogP contribution in [0.5, 0.6) is 5.75 Å². The van der Waals surface area contributed by atoms with Crippen molar-refractivity contribution in [3.63, 3.8) is 0 Å². The van der Waals surface area contributed by atoms with Crippen LogP contribution in [0, 0.1) is 0 Å². The van der Waals surface area contributed by atoms with Crippen molar-refractivity contribution in [2.45, 2.75) is 19.5 Å². The van der Waals surface area contributed by atoms with Gasteiger partial charge in [-0.05, 0) is 24.3 Å². The van der Waals surface area contributed by atoms with E-state index < -0.39 is 23.7 Å². The number of esters is 1. The van der Waals surface area contributed by atoms with Gasteiger partial charge in [0.2, 0.25) is 0 Å². The van der Waals surface area contributed by atoms with Gasteiger partial charge in [-0.1, -0.05) is 18.5 Å². The lowest BCUT2D eigenvalue weighted by Crippen LogP contribution is -2.10. The Bertz CT molecular complexity index is 644. The fourth-order valence-electron chi connectivity index (χ4n) is 1.60. The lowest BCUT2D eigenvalue weighted by atomic mass is 10.2. The summed E-state index contributed by atoms with van der Waals surface area (Å²) < 4.78 is 48.1. The van der Waals surface area contributed by atoms with Crippen LogP contribution < -0.4 is 4.74 Å². The van der Waals surface area contributed by atoms with Crippen molar-refractivity contribution in [3.05, 3.63) is 41.1 Å². The van der Waals surface area contributed by atoms with Gasteiger partial charge in [-0.2, -0.15) is 13.2 Å². The molecule has 2 rings (SSSR count). The molecule has 0 amide bonds. The molecular formula is C14H10ClF3O3. The summed E-state index contributed by atoms with van der Waals surface area (Å²) in [6, 6.07) is 7.09. The van der Waals surface area contributed by atoms with E-state index in [4.69, 9.17) is 16.0 Å². The van der Waals surface area contributed by atoms with Gasteiger partial charge in [0.1, 0.15) is 5.76 Å². The van der Waals surface area contributed by atoms with Gasteiger partial charge in [0.15, 0.2) is 5.75 Å². The van der Waals surface area contributed by atoms with Crippen molar-refractivity contribution in [1.82, 2.24) is 0 Å². The molecular weight excluding hydrogens is 309 g/mol. The second-order valence-electron chi connectivity index (χ2n) is 4.14. The SMILES string of the molecule is CCC(=O)Oc1cc(-c2ccc(Cl)cc2)oc1C(F)(F)F. The molecule has 112 valence electrons. The number of hydrogen-bond acceptors (Lipinski definition) is 3. The molecule has 21 heavy (non-hydrogen) atoms. The third-order valence-electron chi connectivity index (χ3n) is 2.60. The maximum atomic E-state index is 12.9. The molecule has 0 unspecified atom stereocenters. The van der Waals surface area contributed by atoms with Gasteiger partial charge in [-0.25, -0.2) is 0 Å². The molecule has 0 aliphatic carbocycles. The Morgan fingerprint density at radius 1 is 1.29 bits per heavy atom. The summed E-state index contributed by atoms with van der Waals surface area (Å²) in [5.74, 6) is -2.81.